The molecule has 0 heterocycles. The summed E-state index contributed by atoms with van der Waals surface area (Å²) in [4.78, 5) is 34.6. The summed E-state index contributed by atoms with van der Waals surface area (Å²) in [6.07, 6.45) is 5.72. The van der Waals surface area contributed by atoms with Crippen LogP contribution in [0.1, 0.15) is 62.8 Å². The Balaban J connectivity index is 0.000000487. The Morgan fingerprint density at radius 2 is 1.54 bits per heavy atom. The number of rotatable bonds is 7. The van der Waals surface area contributed by atoms with Gasteiger partial charge in [0.15, 0.2) is 5.78 Å². The van der Waals surface area contributed by atoms with Gasteiger partial charge in [-0.25, -0.2) is 9.59 Å². The Morgan fingerprint density at radius 3 is 2.00 bits per heavy atom. The first kappa shape index (κ1) is 20.8. The van der Waals surface area contributed by atoms with Gasteiger partial charge in [0, 0.05) is 11.1 Å². The molecule has 0 aliphatic carbocycles. The van der Waals surface area contributed by atoms with Gasteiger partial charge in [-0.1, -0.05) is 68.3 Å². The number of allylic oxidation sites excluding steroid dienone is 1. The highest BCUT2D eigenvalue weighted by atomic mass is 16.4. The summed E-state index contributed by atoms with van der Waals surface area (Å²) in [6, 6.07) is 11.9. The predicted molar refractivity (Wildman–Crippen MR) is 100.0 cm³/mol. The van der Waals surface area contributed by atoms with Crippen LogP contribution in [0, 0.1) is 0 Å². The van der Waals surface area contributed by atoms with E-state index in [1.54, 1.807) is 30.3 Å². The Morgan fingerprint density at radius 1 is 0.923 bits per heavy atom. The third-order valence-electron chi connectivity index (χ3n) is 3.55. The molecule has 2 aromatic carbocycles. The minimum absolute atomic E-state index is 0.136. The standard InChI is InChI=1S/C15H10O5.C6H12/c16-13(9-5-2-1-3-6-9)10-7-4-8-11(14(17)18)12(10)15(19)20;1-3-5-6-4-2/h1-8H,(H,17,18)(H,19,20);3H,1,4-6H2,2H3. The highest BCUT2D eigenvalue weighted by Gasteiger charge is 2.24. The molecular weight excluding hydrogens is 332 g/mol. The molecule has 26 heavy (non-hydrogen) atoms. The van der Waals surface area contributed by atoms with Gasteiger partial charge in [0.05, 0.1) is 11.1 Å². The molecule has 5 nitrogen and oxygen atoms in total. The smallest absolute Gasteiger partial charge is 0.337 e. The summed E-state index contributed by atoms with van der Waals surface area (Å²) in [5, 5.41) is 18.2. The average molecular weight is 354 g/mol. The molecule has 0 spiro atoms. The zero-order valence-corrected chi connectivity index (χ0v) is 14.6. The molecule has 0 amide bonds. The van der Waals surface area contributed by atoms with Crippen molar-refractivity contribution in [2.75, 3.05) is 0 Å². The zero-order chi connectivity index (χ0) is 19.5. The van der Waals surface area contributed by atoms with E-state index in [2.05, 4.69) is 13.5 Å². The number of carboxylic acid groups (broad SMARTS) is 2. The first-order valence-electron chi connectivity index (χ1n) is 8.24. The van der Waals surface area contributed by atoms with Crippen LogP contribution in [-0.4, -0.2) is 27.9 Å². The van der Waals surface area contributed by atoms with Crippen molar-refractivity contribution in [1.29, 1.82) is 0 Å². The van der Waals surface area contributed by atoms with Crippen LogP contribution < -0.4 is 0 Å². The van der Waals surface area contributed by atoms with E-state index in [0.717, 1.165) is 6.07 Å². The monoisotopic (exact) mass is 354 g/mol. The number of carboxylic acids is 2. The van der Waals surface area contributed by atoms with Crippen LogP contribution in [0.15, 0.2) is 61.2 Å². The molecule has 2 N–H and O–H groups in total. The van der Waals surface area contributed by atoms with Crippen molar-refractivity contribution in [3.8, 4) is 0 Å². The SMILES string of the molecule is C=CCCCC.O=C(O)c1cccc(C(=O)c2ccccc2)c1C(=O)O. The van der Waals surface area contributed by atoms with Gasteiger partial charge in [-0.2, -0.15) is 0 Å². The van der Waals surface area contributed by atoms with Crippen molar-refractivity contribution in [2.45, 2.75) is 26.2 Å². The molecule has 0 saturated carbocycles. The maximum Gasteiger partial charge on any atom is 0.337 e. The van der Waals surface area contributed by atoms with Crippen molar-refractivity contribution in [3.63, 3.8) is 0 Å². The number of benzene rings is 2. The van der Waals surface area contributed by atoms with Gasteiger partial charge in [-0.15, -0.1) is 6.58 Å². The van der Waals surface area contributed by atoms with Gasteiger partial charge in [-0.3, -0.25) is 4.79 Å². The van der Waals surface area contributed by atoms with E-state index in [1.165, 1.54) is 31.4 Å². The lowest BCUT2D eigenvalue weighted by Crippen LogP contribution is -2.15. The van der Waals surface area contributed by atoms with Gasteiger partial charge in [-0.05, 0) is 12.5 Å². The van der Waals surface area contributed by atoms with Crippen LogP contribution in [0.2, 0.25) is 0 Å². The van der Waals surface area contributed by atoms with Crippen LogP contribution in [0.5, 0.6) is 0 Å². The summed E-state index contributed by atoms with van der Waals surface area (Å²) in [7, 11) is 0. The molecule has 0 unspecified atom stereocenters. The Labute approximate surface area is 152 Å². The van der Waals surface area contributed by atoms with Gasteiger partial charge in [0.25, 0.3) is 0 Å². The Hall–Kier alpha value is -3.21. The van der Waals surface area contributed by atoms with Gasteiger partial charge in [0.2, 0.25) is 0 Å². The molecule has 0 aliphatic rings. The Kier molecular flexibility index (Phi) is 8.50. The summed E-state index contributed by atoms with van der Waals surface area (Å²) in [5.41, 5.74) is -0.728. The van der Waals surface area contributed by atoms with E-state index in [9.17, 15) is 19.5 Å². The molecule has 5 heteroatoms. The van der Waals surface area contributed by atoms with Crippen molar-refractivity contribution in [1.82, 2.24) is 0 Å². The molecule has 0 bridgehead atoms. The molecule has 0 aromatic heterocycles. The van der Waals surface area contributed by atoms with E-state index >= 15 is 0 Å². The minimum Gasteiger partial charge on any atom is -0.478 e. The number of ketones is 1. The number of carbonyl (C=O) groups is 3. The molecular formula is C21H22O5. The van der Waals surface area contributed by atoms with Crippen molar-refractivity contribution < 1.29 is 24.6 Å². The Bertz CT molecular complexity index is 778. The highest BCUT2D eigenvalue weighted by Crippen LogP contribution is 2.19. The number of carbonyl (C=O) groups excluding carboxylic acids is 1. The zero-order valence-electron chi connectivity index (χ0n) is 14.6. The lowest BCUT2D eigenvalue weighted by Gasteiger charge is -2.08. The maximum absolute atomic E-state index is 12.3. The summed E-state index contributed by atoms with van der Waals surface area (Å²) < 4.78 is 0. The third-order valence-corrected chi connectivity index (χ3v) is 3.55. The van der Waals surface area contributed by atoms with Crippen LogP contribution in [0.4, 0.5) is 0 Å². The van der Waals surface area contributed by atoms with E-state index < -0.39 is 28.8 Å². The van der Waals surface area contributed by atoms with Gasteiger partial charge in [0.1, 0.15) is 0 Å². The molecule has 0 radical (unpaired) electrons. The van der Waals surface area contributed by atoms with Gasteiger partial charge >= 0.3 is 11.9 Å². The second-order valence-electron chi connectivity index (χ2n) is 5.46. The van der Waals surface area contributed by atoms with Crippen molar-refractivity contribution in [3.05, 3.63) is 83.4 Å². The first-order valence-corrected chi connectivity index (χ1v) is 8.24. The minimum atomic E-state index is -1.44. The first-order chi connectivity index (χ1) is 12.4. The number of hydrogen-bond acceptors (Lipinski definition) is 3. The molecule has 0 atom stereocenters. The molecule has 136 valence electrons. The lowest BCUT2D eigenvalue weighted by molar-refractivity contribution is 0.0649. The quantitative estimate of drug-likeness (QED) is 0.428. The molecule has 0 saturated heterocycles. The average Bonchev–Trinajstić information content (AvgIpc) is 2.66. The van der Waals surface area contributed by atoms with Crippen molar-refractivity contribution in [2.24, 2.45) is 0 Å². The second-order valence-corrected chi connectivity index (χ2v) is 5.46. The van der Waals surface area contributed by atoms with Crippen LogP contribution in [0.25, 0.3) is 0 Å². The van der Waals surface area contributed by atoms with Gasteiger partial charge < -0.3 is 10.2 Å². The fourth-order valence-electron chi connectivity index (χ4n) is 2.24. The maximum atomic E-state index is 12.3. The molecule has 2 aromatic rings. The largest absolute Gasteiger partial charge is 0.478 e. The lowest BCUT2D eigenvalue weighted by atomic mass is 9.94. The number of unbranched alkanes of at least 4 members (excludes halogenated alkanes) is 2. The fourth-order valence-corrected chi connectivity index (χ4v) is 2.24. The third kappa shape index (κ3) is 5.70. The number of hydrogen-bond donors (Lipinski definition) is 2. The summed E-state index contributed by atoms with van der Waals surface area (Å²) in [5.74, 6) is -3.35. The van der Waals surface area contributed by atoms with E-state index in [1.807, 2.05) is 6.08 Å². The molecule has 0 fully saturated rings. The van der Waals surface area contributed by atoms with Crippen LogP contribution >= 0.6 is 0 Å². The van der Waals surface area contributed by atoms with E-state index in [0.29, 0.717) is 5.56 Å². The van der Waals surface area contributed by atoms with Crippen molar-refractivity contribution >= 4 is 17.7 Å². The predicted octanol–water partition coefficient (Wildman–Crippen LogP) is 4.68. The summed E-state index contributed by atoms with van der Waals surface area (Å²) >= 11 is 0. The van der Waals surface area contributed by atoms with Crippen LogP contribution in [0.3, 0.4) is 0 Å². The molecule has 2 rings (SSSR count). The highest BCUT2D eigenvalue weighted by molar-refractivity contribution is 6.17. The summed E-state index contributed by atoms with van der Waals surface area (Å²) in [6.45, 7) is 5.78. The fraction of sp³-hybridized carbons (Fsp3) is 0.190. The molecule has 0 aliphatic heterocycles. The normalized spacial score (nSPS) is 9.58. The topological polar surface area (TPSA) is 91.7 Å². The number of aromatic carboxylic acids is 2. The second kappa shape index (κ2) is 10.6. The van der Waals surface area contributed by atoms with E-state index in [4.69, 9.17) is 5.11 Å². The van der Waals surface area contributed by atoms with Crippen LogP contribution in [-0.2, 0) is 0 Å². The van der Waals surface area contributed by atoms with E-state index in [-0.39, 0.29) is 5.56 Å².